The third-order valence-corrected chi connectivity index (χ3v) is 11.8. The van der Waals surface area contributed by atoms with Crippen molar-refractivity contribution >= 4 is 0 Å². The zero-order valence-corrected chi connectivity index (χ0v) is 27.1. The molecule has 6 aromatic rings. The molecule has 0 saturated heterocycles. The van der Waals surface area contributed by atoms with Crippen LogP contribution in [0.3, 0.4) is 0 Å². The Morgan fingerprint density at radius 1 is 0.562 bits per heavy atom. The highest BCUT2D eigenvalue weighted by Gasteiger charge is 2.65. The number of fused-ring (bicyclic) bond motifs is 1. The van der Waals surface area contributed by atoms with Crippen molar-refractivity contribution in [1.29, 1.82) is 5.26 Å². The lowest BCUT2D eigenvalue weighted by molar-refractivity contribution is 0.195. The van der Waals surface area contributed by atoms with Gasteiger partial charge in [-0.3, -0.25) is 0 Å². The molecule has 3 aliphatic carbocycles. The minimum atomic E-state index is 0.352. The smallest absolute Gasteiger partial charge is 0.164 e. The van der Waals surface area contributed by atoms with Gasteiger partial charge >= 0.3 is 0 Å². The molecule has 9 rings (SSSR count). The van der Waals surface area contributed by atoms with Crippen molar-refractivity contribution in [2.45, 2.75) is 44.4 Å². The molecule has 0 amide bonds. The molecule has 5 aromatic carbocycles. The molecule has 0 aliphatic heterocycles. The van der Waals surface area contributed by atoms with Crippen LogP contribution >= 0.6 is 0 Å². The molecule has 3 aliphatic rings. The van der Waals surface area contributed by atoms with Crippen molar-refractivity contribution < 1.29 is 0 Å². The first-order chi connectivity index (χ1) is 23.5. The molecule has 4 atom stereocenters. The van der Waals surface area contributed by atoms with E-state index in [1.165, 1.54) is 43.2 Å². The standard InChI is InChI=1S/C44H36N4/c1-43-28-44(25-36(43)21-22-37(43)26-44)35-19-16-30(17-20-35)38-23-18-34(24-39(38)31-14-12-29(27-45)13-15-31)42-47-40(32-8-4-2-5-9-32)46-41(48-42)33-10-6-3-7-11-33/h2-20,23-24,36-37H,21-22,25-26,28H2,1H3/t36-,37+,43?,44?. The Balaban J connectivity index is 1.15. The first-order valence-corrected chi connectivity index (χ1v) is 17.1. The number of hydrogen-bond acceptors (Lipinski definition) is 4. The van der Waals surface area contributed by atoms with Crippen LogP contribution in [0.2, 0.25) is 0 Å². The molecular weight excluding hydrogens is 585 g/mol. The van der Waals surface area contributed by atoms with Crippen LogP contribution in [-0.2, 0) is 5.41 Å². The number of nitrogens with zero attached hydrogens (tertiary/aromatic N) is 4. The van der Waals surface area contributed by atoms with E-state index in [2.05, 4.69) is 55.5 Å². The summed E-state index contributed by atoms with van der Waals surface area (Å²) >= 11 is 0. The van der Waals surface area contributed by atoms with E-state index in [0.29, 0.717) is 33.9 Å². The van der Waals surface area contributed by atoms with E-state index in [1.807, 2.05) is 84.9 Å². The average Bonchev–Trinajstić information content (AvgIpc) is 3.66. The van der Waals surface area contributed by atoms with Crippen molar-refractivity contribution in [3.8, 4) is 62.5 Å². The van der Waals surface area contributed by atoms with Crippen molar-refractivity contribution in [1.82, 2.24) is 15.0 Å². The molecule has 1 aromatic heterocycles. The summed E-state index contributed by atoms with van der Waals surface area (Å²) in [7, 11) is 0. The fourth-order valence-corrected chi connectivity index (χ4v) is 9.43. The fraction of sp³-hybridized carbons (Fsp3) is 0.227. The Kier molecular flexibility index (Phi) is 6.66. The van der Waals surface area contributed by atoms with Gasteiger partial charge in [-0.1, -0.05) is 116 Å². The maximum Gasteiger partial charge on any atom is 0.164 e. The number of rotatable bonds is 6. The average molecular weight is 621 g/mol. The third-order valence-electron chi connectivity index (χ3n) is 11.8. The second-order valence-electron chi connectivity index (χ2n) is 14.4. The van der Waals surface area contributed by atoms with E-state index >= 15 is 0 Å². The van der Waals surface area contributed by atoms with Crippen molar-refractivity contribution in [3.05, 3.63) is 139 Å². The van der Waals surface area contributed by atoms with Crippen LogP contribution in [-0.4, -0.2) is 15.0 Å². The van der Waals surface area contributed by atoms with Gasteiger partial charge in [0.15, 0.2) is 17.5 Å². The second kappa shape index (κ2) is 11.1. The number of hydrogen-bond donors (Lipinski definition) is 0. The van der Waals surface area contributed by atoms with Crippen LogP contribution in [0.25, 0.3) is 56.4 Å². The zero-order chi connectivity index (χ0) is 32.3. The molecule has 48 heavy (non-hydrogen) atoms. The molecule has 2 unspecified atom stereocenters. The monoisotopic (exact) mass is 620 g/mol. The summed E-state index contributed by atoms with van der Waals surface area (Å²) in [4.78, 5) is 14.9. The maximum atomic E-state index is 9.50. The number of nitriles is 1. The van der Waals surface area contributed by atoms with Gasteiger partial charge in [-0.2, -0.15) is 5.26 Å². The van der Waals surface area contributed by atoms with Gasteiger partial charge in [-0.25, -0.2) is 15.0 Å². The van der Waals surface area contributed by atoms with Gasteiger partial charge in [0.2, 0.25) is 0 Å². The van der Waals surface area contributed by atoms with Gasteiger partial charge < -0.3 is 0 Å². The molecule has 0 spiro atoms. The highest BCUT2D eigenvalue weighted by Crippen LogP contribution is 2.72. The van der Waals surface area contributed by atoms with Gasteiger partial charge in [0.05, 0.1) is 11.6 Å². The molecule has 2 bridgehead atoms. The Labute approximate surface area is 282 Å². The van der Waals surface area contributed by atoms with Crippen molar-refractivity contribution in [2.24, 2.45) is 17.3 Å². The molecular formula is C44H36N4. The Morgan fingerprint density at radius 2 is 1.06 bits per heavy atom. The summed E-state index contributed by atoms with van der Waals surface area (Å²) in [6.45, 7) is 2.57. The fourth-order valence-electron chi connectivity index (χ4n) is 9.43. The van der Waals surface area contributed by atoms with Gasteiger partial charge in [0.25, 0.3) is 0 Å². The SMILES string of the molecule is CC12CC3(c4ccc(-c5ccc(-c6nc(-c7ccccc7)nc(-c7ccccc7)n6)cc5-c5ccc(C#N)cc5)cc4)C[C@H]1CC[C@H]2C3. The molecule has 3 fully saturated rings. The van der Waals surface area contributed by atoms with Crippen molar-refractivity contribution in [2.75, 3.05) is 0 Å². The van der Waals surface area contributed by atoms with Crippen LogP contribution < -0.4 is 0 Å². The Morgan fingerprint density at radius 3 is 1.60 bits per heavy atom. The van der Waals surface area contributed by atoms with Gasteiger partial charge in [-0.05, 0) is 101 Å². The highest BCUT2D eigenvalue weighted by atomic mass is 15.0. The van der Waals surface area contributed by atoms with Crippen LogP contribution in [0.15, 0.2) is 127 Å². The third kappa shape index (κ3) is 4.68. The molecule has 4 nitrogen and oxygen atoms in total. The predicted molar refractivity (Wildman–Crippen MR) is 192 cm³/mol. The maximum absolute atomic E-state index is 9.50. The van der Waals surface area contributed by atoms with E-state index in [-0.39, 0.29) is 0 Å². The van der Waals surface area contributed by atoms with Crippen molar-refractivity contribution in [3.63, 3.8) is 0 Å². The number of benzene rings is 5. The topological polar surface area (TPSA) is 62.5 Å². The first kappa shape index (κ1) is 28.8. The summed E-state index contributed by atoms with van der Waals surface area (Å²) in [6, 6.07) is 46.3. The van der Waals surface area contributed by atoms with E-state index in [1.54, 1.807) is 0 Å². The van der Waals surface area contributed by atoms with E-state index in [4.69, 9.17) is 15.0 Å². The van der Waals surface area contributed by atoms with E-state index < -0.39 is 0 Å². The number of aromatic nitrogens is 3. The van der Waals surface area contributed by atoms with Crippen LogP contribution in [0.4, 0.5) is 0 Å². The van der Waals surface area contributed by atoms with Gasteiger partial charge in [0, 0.05) is 16.7 Å². The molecule has 0 radical (unpaired) electrons. The lowest BCUT2D eigenvalue weighted by Gasteiger charge is -2.33. The second-order valence-corrected chi connectivity index (χ2v) is 14.4. The summed E-state index contributed by atoms with van der Waals surface area (Å²) in [5.41, 5.74) is 10.3. The molecule has 3 saturated carbocycles. The molecule has 1 heterocycles. The largest absolute Gasteiger partial charge is 0.208 e. The minimum absolute atomic E-state index is 0.352. The first-order valence-electron chi connectivity index (χ1n) is 17.1. The minimum Gasteiger partial charge on any atom is -0.208 e. The molecule has 4 heteroatoms. The van der Waals surface area contributed by atoms with Gasteiger partial charge in [-0.15, -0.1) is 0 Å². The summed E-state index contributed by atoms with van der Waals surface area (Å²) in [6.07, 6.45) is 6.89. The van der Waals surface area contributed by atoms with E-state index in [0.717, 1.165) is 45.2 Å². The summed E-state index contributed by atoms with van der Waals surface area (Å²) < 4.78 is 0. The molecule has 232 valence electrons. The lowest BCUT2D eigenvalue weighted by Crippen LogP contribution is -2.26. The molecule has 0 N–H and O–H groups in total. The van der Waals surface area contributed by atoms with Crippen LogP contribution in [0.5, 0.6) is 0 Å². The normalized spacial score (nSPS) is 23.7. The Hall–Kier alpha value is -5.40. The van der Waals surface area contributed by atoms with Crippen LogP contribution in [0.1, 0.15) is 50.2 Å². The highest BCUT2D eigenvalue weighted by molar-refractivity contribution is 5.87. The summed E-state index contributed by atoms with van der Waals surface area (Å²) in [5.74, 6) is 3.70. The predicted octanol–water partition coefficient (Wildman–Crippen LogP) is 10.5. The van der Waals surface area contributed by atoms with Crippen LogP contribution in [0, 0.1) is 28.6 Å². The summed E-state index contributed by atoms with van der Waals surface area (Å²) in [5, 5.41) is 9.50. The van der Waals surface area contributed by atoms with Gasteiger partial charge in [0.1, 0.15) is 0 Å². The zero-order valence-electron chi connectivity index (χ0n) is 27.1. The van der Waals surface area contributed by atoms with E-state index in [9.17, 15) is 5.26 Å². The lowest BCUT2D eigenvalue weighted by atomic mass is 9.72. The Bertz CT molecular complexity index is 2110. The quantitative estimate of drug-likeness (QED) is 0.186.